The normalized spacial score (nSPS) is 19.8. The van der Waals surface area contributed by atoms with Crippen LogP contribution in [0.2, 0.25) is 0 Å². The molecular weight excluding hydrogens is 446 g/mol. The summed E-state index contributed by atoms with van der Waals surface area (Å²) in [6, 6.07) is 6.76. The third-order valence-electron chi connectivity index (χ3n) is 5.79. The minimum atomic E-state index is -3.43. The van der Waals surface area contributed by atoms with E-state index in [4.69, 9.17) is 4.74 Å². The molecule has 11 heteroatoms. The molecule has 5 rings (SSSR count). The molecule has 2 aliphatic rings. The van der Waals surface area contributed by atoms with Gasteiger partial charge in [-0.15, -0.1) is 0 Å². The van der Waals surface area contributed by atoms with E-state index in [1.54, 1.807) is 37.6 Å². The van der Waals surface area contributed by atoms with Gasteiger partial charge in [0.25, 0.3) is 0 Å². The van der Waals surface area contributed by atoms with Crippen molar-refractivity contribution in [2.75, 3.05) is 16.1 Å². The average molecular weight is 468 g/mol. The lowest BCUT2D eigenvalue weighted by molar-refractivity contribution is -0.141. The first kappa shape index (κ1) is 21.3. The number of pyridine rings is 1. The Morgan fingerprint density at radius 2 is 2.06 bits per heavy atom. The van der Waals surface area contributed by atoms with Crippen LogP contribution < -0.4 is 10.4 Å². The molecule has 10 nitrogen and oxygen atoms in total. The number of esters is 1. The molecule has 3 aromatic rings. The number of sulfone groups is 1. The van der Waals surface area contributed by atoms with Crippen molar-refractivity contribution < 1.29 is 23.2 Å². The van der Waals surface area contributed by atoms with Gasteiger partial charge in [0.2, 0.25) is 0 Å². The van der Waals surface area contributed by atoms with Gasteiger partial charge in [0.15, 0.2) is 21.0 Å². The molecule has 2 N–H and O–H groups in total. The highest BCUT2D eigenvalue weighted by molar-refractivity contribution is 7.91. The second-order valence-corrected chi connectivity index (χ2v) is 10.0. The number of nitrogens with zero attached hydrogens (tertiary/aromatic N) is 4. The molecule has 2 unspecified atom stereocenters. The van der Waals surface area contributed by atoms with E-state index in [1.807, 2.05) is 6.07 Å². The lowest BCUT2D eigenvalue weighted by Crippen LogP contribution is -2.25. The summed E-state index contributed by atoms with van der Waals surface area (Å²) in [5.74, 6) is -0.327. The molecule has 2 aromatic heterocycles. The summed E-state index contributed by atoms with van der Waals surface area (Å²) in [5.41, 5.74) is 3.77. The number of fused-ring (bicyclic) bond motifs is 1. The number of benzene rings is 1. The summed E-state index contributed by atoms with van der Waals surface area (Å²) >= 11 is 0. The molecule has 0 radical (unpaired) electrons. The highest BCUT2D eigenvalue weighted by Gasteiger charge is 2.34. The minimum absolute atomic E-state index is 0.00567. The third kappa shape index (κ3) is 3.79. The number of aromatic nitrogens is 3. The van der Waals surface area contributed by atoms with Crippen molar-refractivity contribution in [1.29, 1.82) is 0 Å². The number of anilines is 2. The fraction of sp³-hybridized carbons (Fsp3) is 0.273. The van der Waals surface area contributed by atoms with Gasteiger partial charge in [0.1, 0.15) is 11.8 Å². The van der Waals surface area contributed by atoms with E-state index in [1.165, 1.54) is 12.3 Å². The molecule has 4 heterocycles. The van der Waals surface area contributed by atoms with Crippen LogP contribution in [0.5, 0.6) is 0 Å². The van der Waals surface area contributed by atoms with Crippen molar-refractivity contribution >= 4 is 27.2 Å². The molecule has 0 aliphatic carbocycles. The smallest absolute Gasteiger partial charge is 0.306 e. The van der Waals surface area contributed by atoms with E-state index < -0.39 is 22.1 Å². The largest absolute Gasteiger partial charge is 0.457 e. The maximum atomic E-state index is 12.1. The molecule has 0 bridgehead atoms. The molecular formula is C22H21N5O5S. The summed E-state index contributed by atoms with van der Waals surface area (Å²) in [6.45, 7) is 1.57. The molecule has 1 fully saturated rings. The van der Waals surface area contributed by atoms with Gasteiger partial charge in [-0.25, -0.2) is 18.5 Å². The standard InChI is InChI=1S/C22H21N5O5S/c1-2-33(30,31)20-5-3-13(11-25-20)14-9-16-18(10-15(14)19-4-6-21(28)32-19)27(29)22(26-16)17-12-23-7-8-24-17/h3,5,7-12,19,22,26,29H,2,4,6H2,1H3. The Balaban J connectivity index is 1.59. The Hall–Kier alpha value is -3.57. The van der Waals surface area contributed by atoms with Crippen LogP contribution in [-0.4, -0.2) is 40.3 Å². The van der Waals surface area contributed by atoms with Gasteiger partial charge in [-0.05, 0) is 36.2 Å². The zero-order valence-corrected chi connectivity index (χ0v) is 18.5. The van der Waals surface area contributed by atoms with Gasteiger partial charge in [0.05, 0.1) is 23.3 Å². The molecule has 1 saturated heterocycles. The number of carbonyl (C=O) groups excluding carboxylic acids is 1. The van der Waals surface area contributed by atoms with Gasteiger partial charge in [-0.3, -0.25) is 20.0 Å². The number of nitrogens with one attached hydrogen (secondary N) is 1. The highest BCUT2D eigenvalue weighted by atomic mass is 32.2. The lowest BCUT2D eigenvalue weighted by Gasteiger charge is -2.20. The second kappa shape index (κ2) is 8.09. The van der Waals surface area contributed by atoms with Crippen LogP contribution in [0.4, 0.5) is 11.4 Å². The predicted molar refractivity (Wildman–Crippen MR) is 118 cm³/mol. The van der Waals surface area contributed by atoms with Gasteiger partial charge >= 0.3 is 5.97 Å². The van der Waals surface area contributed by atoms with Crippen molar-refractivity contribution in [1.82, 2.24) is 15.0 Å². The number of carbonyl (C=O) groups is 1. The van der Waals surface area contributed by atoms with Crippen molar-refractivity contribution in [2.24, 2.45) is 0 Å². The molecule has 2 atom stereocenters. The summed E-state index contributed by atoms with van der Waals surface area (Å²) in [4.78, 5) is 24.3. The van der Waals surface area contributed by atoms with Gasteiger partial charge in [-0.1, -0.05) is 6.92 Å². The predicted octanol–water partition coefficient (Wildman–Crippen LogP) is 3.03. The van der Waals surface area contributed by atoms with E-state index >= 15 is 0 Å². The monoisotopic (exact) mass is 467 g/mol. The number of cyclic esters (lactones) is 1. The Bertz CT molecular complexity index is 1320. The van der Waals surface area contributed by atoms with Crippen LogP contribution in [0, 0.1) is 0 Å². The average Bonchev–Trinajstić information content (AvgIpc) is 3.41. The molecule has 2 aliphatic heterocycles. The Morgan fingerprint density at radius 3 is 2.70 bits per heavy atom. The number of hydroxylamine groups is 1. The van der Waals surface area contributed by atoms with E-state index in [0.29, 0.717) is 41.0 Å². The topological polar surface area (TPSA) is 135 Å². The molecule has 0 amide bonds. The number of ether oxygens (including phenoxy) is 1. The van der Waals surface area contributed by atoms with Crippen molar-refractivity contribution in [3.63, 3.8) is 0 Å². The maximum Gasteiger partial charge on any atom is 0.306 e. The zero-order chi connectivity index (χ0) is 23.2. The second-order valence-electron chi connectivity index (χ2n) is 7.78. The van der Waals surface area contributed by atoms with Crippen LogP contribution in [0.25, 0.3) is 11.1 Å². The summed E-state index contributed by atoms with van der Waals surface area (Å²) < 4.78 is 29.8. The van der Waals surface area contributed by atoms with Gasteiger partial charge < -0.3 is 10.1 Å². The number of rotatable bonds is 5. The first-order chi connectivity index (χ1) is 15.9. The van der Waals surface area contributed by atoms with Crippen LogP contribution in [-0.2, 0) is 19.4 Å². The van der Waals surface area contributed by atoms with E-state index in [9.17, 15) is 18.4 Å². The SMILES string of the molecule is CCS(=O)(=O)c1ccc(-c2cc3c(cc2C2CCC(=O)O2)N(O)C(c2cnccn2)N3)cn1. The van der Waals surface area contributed by atoms with E-state index in [2.05, 4.69) is 20.3 Å². The van der Waals surface area contributed by atoms with E-state index in [0.717, 1.165) is 10.6 Å². The molecule has 0 spiro atoms. The number of hydrogen-bond acceptors (Lipinski definition) is 10. The minimum Gasteiger partial charge on any atom is -0.457 e. The van der Waals surface area contributed by atoms with Crippen LogP contribution >= 0.6 is 0 Å². The quantitative estimate of drug-likeness (QED) is 0.539. The summed E-state index contributed by atoms with van der Waals surface area (Å²) in [5, 5.41) is 15.1. The maximum absolute atomic E-state index is 12.1. The van der Waals surface area contributed by atoms with Crippen molar-refractivity contribution in [2.45, 2.75) is 37.1 Å². The highest BCUT2D eigenvalue weighted by Crippen LogP contribution is 2.46. The molecule has 1 aromatic carbocycles. The van der Waals surface area contributed by atoms with Crippen LogP contribution in [0.15, 0.2) is 54.1 Å². The number of hydrogen-bond donors (Lipinski definition) is 2. The lowest BCUT2D eigenvalue weighted by atomic mass is 9.94. The molecule has 33 heavy (non-hydrogen) atoms. The van der Waals surface area contributed by atoms with Gasteiger partial charge in [0, 0.05) is 36.1 Å². The summed E-state index contributed by atoms with van der Waals surface area (Å²) in [7, 11) is -3.43. The zero-order valence-electron chi connectivity index (χ0n) is 17.7. The Kier molecular flexibility index (Phi) is 5.22. The van der Waals surface area contributed by atoms with Crippen molar-refractivity contribution in [3.05, 3.63) is 60.3 Å². The van der Waals surface area contributed by atoms with Crippen LogP contribution in [0.1, 0.15) is 43.3 Å². The first-order valence-corrected chi connectivity index (χ1v) is 12.1. The Labute approximate surface area is 190 Å². The fourth-order valence-corrected chi connectivity index (χ4v) is 4.82. The molecule has 0 saturated carbocycles. The van der Waals surface area contributed by atoms with Gasteiger partial charge in [-0.2, -0.15) is 0 Å². The van der Waals surface area contributed by atoms with E-state index in [-0.39, 0.29) is 16.7 Å². The van der Waals surface area contributed by atoms with Crippen molar-refractivity contribution in [3.8, 4) is 11.1 Å². The first-order valence-electron chi connectivity index (χ1n) is 10.4. The Morgan fingerprint density at radius 1 is 1.21 bits per heavy atom. The van der Waals surface area contributed by atoms with Crippen LogP contribution in [0.3, 0.4) is 0 Å². The third-order valence-corrected chi connectivity index (χ3v) is 7.43. The fourth-order valence-electron chi connectivity index (χ4n) is 4.04. The molecule has 170 valence electrons. The summed E-state index contributed by atoms with van der Waals surface area (Å²) in [6.07, 6.45) is 5.83.